The highest BCUT2D eigenvalue weighted by atomic mass is 79.9. The van der Waals surface area contributed by atoms with Crippen LogP contribution in [0.1, 0.15) is 16.1 Å². The van der Waals surface area contributed by atoms with Gasteiger partial charge in [0.25, 0.3) is 5.91 Å². The maximum atomic E-state index is 12.4. The molecule has 0 aliphatic rings. The minimum Gasteiger partial charge on any atom is -0.322 e. The molecule has 0 atom stereocenters. The zero-order valence-electron chi connectivity index (χ0n) is 12.3. The van der Waals surface area contributed by atoms with E-state index in [2.05, 4.69) is 26.3 Å². The first-order chi connectivity index (χ1) is 11.0. The van der Waals surface area contributed by atoms with Gasteiger partial charge in [0.15, 0.2) is 0 Å². The lowest BCUT2D eigenvalue weighted by Crippen LogP contribution is -2.13. The molecule has 0 fully saturated rings. The van der Waals surface area contributed by atoms with Crippen LogP contribution in [0.4, 0.5) is 5.69 Å². The van der Waals surface area contributed by atoms with E-state index in [0.717, 1.165) is 21.5 Å². The van der Waals surface area contributed by atoms with Crippen molar-refractivity contribution < 1.29 is 4.79 Å². The maximum Gasteiger partial charge on any atom is 0.259 e. The van der Waals surface area contributed by atoms with Crippen molar-refractivity contribution in [3.05, 3.63) is 75.5 Å². The Hall–Kier alpha value is -2.11. The van der Waals surface area contributed by atoms with Gasteiger partial charge in [-0.05, 0) is 49.4 Å². The molecule has 3 rings (SSSR count). The van der Waals surface area contributed by atoms with Crippen molar-refractivity contribution >= 4 is 39.1 Å². The molecule has 0 bridgehead atoms. The third kappa shape index (κ3) is 3.46. The number of hydrogen-bond acceptors (Lipinski definition) is 2. The first-order valence-electron chi connectivity index (χ1n) is 6.92. The van der Waals surface area contributed by atoms with Crippen LogP contribution in [0.5, 0.6) is 0 Å². The number of nitrogens with zero attached hydrogens (tertiary/aromatic N) is 2. The molecule has 0 saturated carbocycles. The highest BCUT2D eigenvalue weighted by Gasteiger charge is 2.15. The number of aromatic nitrogens is 2. The van der Waals surface area contributed by atoms with E-state index in [-0.39, 0.29) is 5.91 Å². The predicted molar refractivity (Wildman–Crippen MR) is 95.4 cm³/mol. The molecule has 0 radical (unpaired) electrons. The van der Waals surface area contributed by atoms with Gasteiger partial charge in [0.05, 0.1) is 23.1 Å². The smallest absolute Gasteiger partial charge is 0.259 e. The molecule has 2 aromatic carbocycles. The lowest BCUT2D eigenvalue weighted by molar-refractivity contribution is 0.102. The van der Waals surface area contributed by atoms with E-state index in [4.69, 9.17) is 11.6 Å². The molecule has 0 aliphatic carbocycles. The average molecular weight is 391 g/mol. The van der Waals surface area contributed by atoms with Crippen LogP contribution in [-0.4, -0.2) is 15.7 Å². The summed E-state index contributed by atoms with van der Waals surface area (Å²) in [5.74, 6) is -0.194. The van der Waals surface area contributed by atoms with Gasteiger partial charge in [-0.2, -0.15) is 5.10 Å². The van der Waals surface area contributed by atoms with E-state index in [9.17, 15) is 4.79 Å². The lowest BCUT2D eigenvalue weighted by Gasteiger charge is -2.07. The fourth-order valence-corrected chi connectivity index (χ4v) is 2.77. The zero-order valence-corrected chi connectivity index (χ0v) is 14.6. The second-order valence-electron chi connectivity index (χ2n) is 5.00. The summed E-state index contributed by atoms with van der Waals surface area (Å²) in [6.45, 7) is 1.86. The number of carbonyl (C=O) groups excluding carboxylic acids is 1. The number of halogens is 2. The van der Waals surface area contributed by atoms with Crippen molar-refractivity contribution in [2.24, 2.45) is 0 Å². The Bertz CT molecular complexity index is 859. The van der Waals surface area contributed by atoms with E-state index >= 15 is 0 Å². The summed E-state index contributed by atoms with van der Waals surface area (Å²) in [7, 11) is 0. The Labute approximate surface area is 147 Å². The topological polar surface area (TPSA) is 46.9 Å². The first-order valence-corrected chi connectivity index (χ1v) is 8.09. The van der Waals surface area contributed by atoms with Crippen molar-refractivity contribution in [3.63, 3.8) is 0 Å². The number of benzene rings is 2. The number of rotatable bonds is 3. The zero-order chi connectivity index (χ0) is 16.4. The van der Waals surface area contributed by atoms with E-state index in [1.807, 2.05) is 43.3 Å². The summed E-state index contributed by atoms with van der Waals surface area (Å²) in [5, 5.41) is 7.83. The summed E-state index contributed by atoms with van der Waals surface area (Å²) in [4.78, 5) is 12.4. The minimum absolute atomic E-state index is 0.194. The van der Waals surface area contributed by atoms with Crippen molar-refractivity contribution in [2.45, 2.75) is 6.92 Å². The highest BCUT2D eigenvalue weighted by Crippen LogP contribution is 2.19. The van der Waals surface area contributed by atoms with E-state index in [1.54, 1.807) is 23.0 Å². The molecule has 1 N–H and O–H groups in total. The first kappa shape index (κ1) is 15.8. The Morgan fingerprint density at radius 3 is 2.65 bits per heavy atom. The van der Waals surface area contributed by atoms with Gasteiger partial charge in [0.2, 0.25) is 0 Å². The maximum absolute atomic E-state index is 12.4. The van der Waals surface area contributed by atoms with Crippen LogP contribution < -0.4 is 5.32 Å². The Balaban J connectivity index is 1.86. The van der Waals surface area contributed by atoms with Gasteiger partial charge < -0.3 is 5.32 Å². The van der Waals surface area contributed by atoms with Crippen LogP contribution >= 0.6 is 27.5 Å². The summed E-state index contributed by atoms with van der Waals surface area (Å²) >= 11 is 9.28. The van der Waals surface area contributed by atoms with Crippen LogP contribution in [-0.2, 0) is 0 Å². The molecule has 1 aromatic heterocycles. The number of hydrogen-bond donors (Lipinski definition) is 1. The lowest BCUT2D eigenvalue weighted by atomic mass is 10.2. The van der Waals surface area contributed by atoms with Gasteiger partial charge in [-0.3, -0.25) is 4.79 Å². The molecule has 0 saturated heterocycles. The third-order valence-electron chi connectivity index (χ3n) is 3.41. The van der Waals surface area contributed by atoms with Crippen molar-refractivity contribution in [1.82, 2.24) is 9.78 Å². The SMILES string of the molecule is Cc1c(C(=O)Nc2cccc(Br)c2)cnn1-c1ccc(Cl)cc1. The van der Waals surface area contributed by atoms with Gasteiger partial charge in [0, 0.05) is 15.2 Å². The van der Waals surface area contributed by atoms with E-state index in [1.165, 1.54) is 0 Å². The molecular formula is C17H13BrClN3O. The third-order valence-corrected chi connectivity index (χ3v) is 4.15. The molecule has 0 spiro atoms. The van der Waals surface area contributed by atoms with Crippen molar-refractivity contribution in [1.29, 1.82) is 0 Å². The van der Waals surface area contributed by atoms with E-state index in [0.29, 0.717) is 10.6 Å². The number of anilines is 1. The van der Waals surface area contributed by atoms with Crippen LogP contribution in [0.15, 0.2) is 59.2 Å². The van der Waals surface area contributed by atoms with Crippen molar-refractivity contribution in [2.75, 3.05) is 5.32 Å². The number of carbonyl (C=O) groups is 1. The number of amides is 1. The molecule has 0 unspecified atom stereocenters. The monoisotopic (exact) mass is 389 g/mol. The summed E-state index contributed by atoms with van der Waals surface area (Å²) in [6.07, 6.45) is 1.57. The van der Waals surface area contributed by atoms with Gasteiger partial charge in [0.1, 0.15) is 0 Å². The highest BCUT2D eigenvalue weighted by molar-refractivity contribution is 9.10. The Kier molecular flexibility index (Phi) is 4.50. The van der Waals surface area contributed by atoms with Crippen LogP contribution in [0.25, 0.3) is 5.69 Å². The molecule has 3 aromatic rings. The Morgan fingerprint density at radius 1 is 1.22 bits per heavy atom. The summed E-state index contributed by atoms with van der Waals surface area (Å²) in [5.41, 5.74) is 2.87. The molecule has 23 heavy (non-hydrogen) atoms. The van der Waals surface area contributed by atoms with Crippen LogP contribution in [0.2, 0.25) is 5.02 Å². The predicted octanol–water partition coefficient (Wildman–Crippen LogP) is 4.85. The second kappa shape index (κ2) is 6.56. The fraction of sp³-hybridized carbons (Fsp3) is 0.0588. The molecular weight excluding hydrogens is 378 g/mol. The minimum atomic E-state index is -0.194. The van der Waals surface area contributed by atoms with Gasteiger partial charge >= 0.3 is 0 Å². The van der Waals surface area contributed by atoms with Gasteiger partial charge in [-0.1, -0.05) is 33.6 Å². The van der Waals surface area contributed by atoms with Gasteiger partial charge in [-0.15, -0.1) is 0 Å². The molecule has 116 valence electrons. The standard InChI is InChI=1S/C17H13BrClN3O/c1-11-16(17(23)21-14-4-2-3-12(18)9-14)10-20-22(11)15-7-5-13(19)6-8-15/h2-10H,1H3,(H,21,23). The van der Waals surface area contributed by atoms with E-state index < -0.39 is 0 Å². The molecule has 1 heterocycles. The quantitative estimate of drug-likeness (QED) is 0.695. The fourth-order valence-electron chi connectivity index (χ4n) is 2.24. The second-order valence-corrected chi connectivity index (χ2v) is 6.35. The summed E-state index contributed by atoms with van der Waals surface area (Å²) < 4.78 is 2.62. The molecule has 0 aliphatic heterocycles. The molecule has 1 amide bonds. The van der Waals surface area contributed by atoms with Gasteiger partial charge in [-0.25, -0.2) is 4.68 Å². The molecule has 6 heteroatoms. The van der Waals surface area contributed by atoms with Crippen LogP contribution in [0, 0.1) is 6.92 Å². The molecule has 4 nitrogen and oxygen atoms in total. The average Bonchev–Trinajstić information content (AvgIpc) is 2.90. The summed E-state index contributed by atoms with van der Waals surface area (Å²) in [6, 6.07) is 14.7. The number of nitrogens with one attached hydrogen (secondary N) is 1. The largest absolute Gasteiger partial charge is 0.322 e. The Morgan fingerprint density at radius 2 is 1.96 bits per heavy atom. The van der Waals surface area contributed by atoms with Crippen molar-refractivity contribution in [3.8, 4) is 5.69 Å². The van der Waals surface area contributed by atoms with Crippen LogP contribution in [0.3, 0.4) is 0 Å². The normalized spacial score (nSPS) is 10.6.